The lowest BCUT2D eigenvalue weighted by molar-refractivity contribution is 0.152. The third-order valence-corrected chi connectivity index (χ3v) is 3.83. The molecule has 0 saturated heterocycles. The van der Waals surface area contributed by atoms with Crippen LogP contribution in [0.15, 0.2) is 17.3 Å². The molecule has 1 N–H and O–H groups in total. The summed E-state index contributed by atoms with van der Waals surface area (Å²) < 4.78 is 0. The maximum absolute atomic E-state index is 8.96. The van der Waals surface area contributed by atoms with Gasteiger partial charge in [-0.3, -0.25) is 0 Å². The fourth-order valence-electron chi connectivity index (χ4n) is 3.02. The first-order valence-electron chi connectivity index (χ1n) is 5.13. The Morgan fingerprint density at radius 1 is 1.69 bits per heavy atom. The van der Waals surface area contributed by atoms with Crippen LogP contribution in [0.3, 0.4) is 0 Å². The SMILES string of the molecule is CCC1C(=NO)C2(C)CCC=CC12. The van der Waals surface area contributed by atoms with E-state index in [1.807, 2.05) is 0 Å². The first kappa shape index (κ1) is 8.79. The van der Waals surface area contributed by atoms with Crippen molar-refractivity contribution in [1.82, 2.24) is 0 Å². The zero-order valence-electron chi connectivity index (χ0n) is 8.33. The van der Waals surface area contributed by atoms with Gasteiger partial charge in [-0.2, -0.15) is 0 Å². The van der Waals surface area contributed by atoms with Crippen LogP contribution < -0.4 is 0 Å². The minimum Gasteiger partial charge on any atom is -0.411 e. The average molecular weight is 179 g/mol. The largest absolute Gasteiger partial charge is 0.411 e. The van der Waals surface area contributed by atoms with Crippen molar-refractivity contribution in [2.75, 3.05) is 0 Å². The molecule has 0 bridgehead atoms. The van der Waals surface area contributed by atoms with Crippen LogP contribution in [0, 0.1) is 17.3 Å². The van der Waals surface area contributed by atoms with Crippen molar-refractivity contribution in [3.05, 3.63) is 12.2 Å². The van der Waals surface area contributed by atoms with E-state index in [1.165, 1.54) is 0 Å². The van der Waals surface area contributed by atoms with Crippen molar-refractivity contribution in [3.8, 4) is 0 Å². The molecule has 2 nitrogen and oxygen atoms in total. The second-order valence-electron chi connectivity index (χ2n) is 4.41. The highest BCUT2D eigenvalue weighted by Crippen LogP contribution is 2.55. The summed E-state index contributed by atoms with van der Waals surface area (Å²) in [4.78, 5) is 0. The van der Waals surface area contributed by atoms with Gasteiger partial charge in [0.2, 0.25) is 0 Å². The number of allylic oxidation sites excluding steroid dienone is 2. The number of hydrogen-bond donors (Lipinski definition) is 1. The first-order valence-corrected chi connectivity index (χ1v) is 5.13. The van der Waals surface area contributed by atoms with Crippen LogP contribution in [0.2, 0.25) is 0 Å². The van der Waals surface area contributed by atoms with Crippen LogP contribution in [-0.2, 0) is 0 Å². The first-order chi connectivity index (χ1) is 6.24. The standard InChI is InChI=1S/C11H17NO/c1-3-8-9-6-4-5-7-11(9,2)10(8)12-13/h4,6,8-9,13H,3,5,7H2,1-2H3. The number of fused-ring (bicyclic) bond motifs is 1. The lowest BCUT2D eigenvalue weighted by atomic mass is 9.49. The molecule has 3 atom stereocenters. The minimum atomic E-state index is 0.171. The molecule has 0 radical (unpaired) electrons. The Balaban J connectivity index is 2.29. The average Bonchev–Trinajstić information content (AvgIpc) is 2.12. The van der Waals surface area contributed by atoms with Gasteiger partial charge in [-0.05, 0) is 25.2 Å². The Hall–Kier alpha value is -0.790. The predicted molar refractivity (Wildman–Crippen MR) is 53.0 cm³/mol. The van der Waals surface area contributed by atoms with Crippen LogP contribution in [0.4, 0.5) is 0 Å². The van der Waals surface area contributed by atoms with Crippen molar-refractivity contribution in [3.63, 3.8) is 0 Å². The molecular weight excluding hydrogens is 162 g/mol. The Morgan fingerprint density at radius 2 is 2.46 bits per heavy atom. The molecular formula is C11H17NO. The van der Waals surface area contributed by atoms with E-state index in [0.29, 0.717) is 11.8 Å². The summed E-state index contributed by atoms with van der Waals surface area (Å²) in [6.07, 6.45) is 7.94. The van der Waals surface area contributed by atoms with Crippen LogP contribution in [-0.4, -0.2) is 10.9 Å². The van der Waals surface area contributed by atoms with Crippen LogP contribution in [0.5, 0.6) is 0 Å². The fourth-order valence-corrected chi connectivity index (χ4v) is 3.02. The van der Waals surface area contributed by atoms with Crippen molar-refractivity contribution in [2.45, 2.75) is 33.1 Å². The lowest BCUT2D eigenvalue weighted by Gasteiger charge is -2.54. The second kappa shape index (κ2) is 2.86. The summed E-state index contributed by atoms with van der Waals surface area (Å²) in [5.74, 6) is 1.11. The van der Waals surface area contributed by atoms with Crippen LogP contribution >= 0.6 is 0 Å². The molecule has 0 aliphatic heterocycles. The van der Waals surface area contributed by atoms with Gasteiger partial charge in [-0.15, -0.1) is 0 Å². The van der Waals surface area contributed by atoms with Crippen molar-refractivity contribution in [2.24, 2.45) is 22.4 Å². The Bertz CT molecular complexity index is 269. The van der Waals surface area contributed by atoms with Gasteiger partial charge in [-0.1, -0.05) is 31.2 Å². The molecule has 2 heteroatoms. The molecule has 0 aromatic rings. The normalized spacial score (nSPS) is 45.8. The molecule has 1 saturated carbocycles. The van der Waals surface area contributed by atoms with E-state index < -0.39 is 0 Å². The van der Waals surface area contributed by atoms with Gasteiger partial charge in [0.25, 0.3) is 0 Å². The second-order valence-corrected chi connectivity index (χ2v) is 4.41. The summed E-state index contributed by atoms with van der Waals surface area (Å²) in [5.41, 5.74) is 1.20. The van der Waals surface area contributed by atoms with E-state index in [1.54, 1.807) is 0 Å². The Kier molecular flexibility index (Phi) is 1.94. The summed E-state index contributed by atoms with van der Waals surface area (Å²) in [7, 11) is 0. The van der Waals surface area contributed by atoms with Crippen molar-refractivity contribution >= 4 is 5.71 Å². The quantitative estimate of drug-likeness (QED) is 0.375. The van der Waals surface area contributed by atoms with Crippen LogP contribution in [0.1, 0.15) is 33.1 Å². The van der Waals surface area contributed by atoms with E-state index in [0.717, 1.165) is 25.0 Å². The van der Waals surface area contributed by atoms with Gasteiger partial charge < -0.3 is 5.21 Å². The maximum Gasteiger partial charge on any atom is 0.0672 e. The summed E-state index contributed by atoms with van der Waals surface area (Å²) in [5, 5.41) is 12.4. The van der Waals surface area contributed by atoms with E-state index in [4.69, 9.17) is 5.21 Å². The molecule has 72 valence electrons. The van der Waals surface area contributed by atoms with E-state index in [9.17, 15) is 0 Å². The number of oxime groups is 1. The molecule has 0 amide bonds. The van der Waals surface area contributed by atoms with Gasteiger partial charge >= 0.3 is 0 Å². The van der Waals surface area contributed by atoms with E-state index >= 15 is 0 Å². The van der Waals surface area contributed by atoms with Crippen molar-refractivity contribution < 1.29 is 5.21 Å². The topological polar surface area (TPSA) is 32.6 Å². The zero-order chi connectivity index (χ0) is 9.47. The molecule has 0 heterocycles. The predicted octanol–water partition coefficient (Wildman–Crippen LogP) is 2.83. The minimum absolute atomic E-state index is 0.171. The highest BCUT2D eigenvalue weighted by molar-refractivity contribution is 5.98. The third kappa shape index (κ3) is 0.976. The van der Waals surface area contributed by atoms with Crippen molar-refractivity contribution in [1.29, 1.82) is 0 Å². The van der Waals surface area contributed by atoms with Gasteiger partial charge in [0.1, 0.15) is 0 Å². The molecule has 2 aliphatic carbocycles. The van der Waals surface area contributed by atoms with Gasteiger partial charge in [0.15, 0.2) is 0 Å². The molecule has 3 unspecified atom stereocenters. The molecule has 0 aromatic heterocycles. The number of nitrogens with zero attached hydrogens (tertiary/aromatic N) is 1. The van der Waals surface area contributed by atoms with Crippen LogP contribution in [0.25, 0.3) is 0 Å². The molecule has 2 rings (SSSR count). The fraction of sp³-hybridized carbons (Fsp3) is 0.727. The molecule has 0 spiro atoms. The molecule has 13 heavy (non-hydrogen) atoms. The molecule has 2 aliphatic rings. The number of hydrogen-bond acceptors (Lipinski definition) is 2. The molecule has 0 aromatic carbocycles. The Labute approximate surface area is 79.3 Å². The highest BCUT2D eigenvalue weighted by atomic mass is 16.4. The third-order valence-electron chi connectivity index (χ3n) is 3.83. The Morgan fingerprint density at radius 3 is 3.08 bits per heavy atom. The number of rotatable bonds is 1. The monoisotopic (exact) mass is 179 g/mol. The summed E-state index contributed by atoms with van der Waals surface area (Å²) in [6, 6.07) is 0. The summed E-state index contributed by atoms with van der Waals surface area (Å²) in [6.45, 7) is 4.39. The summed E-state index contributed by atoms with van der Waals surface area (Å²) >= 11 is 0. The van der Waals surface area contributed by atoms with Gasteiger partial charge in [-0.25, -0.2) is 0 Å². The van der Waals surface area contributed by atoms with E-state index in [2.05, 4.69) is 31.2 Å². The van der Waals surface area contributed by atoms with Gasteiger partial charge in [0.05, 0.1) is 5.71 Å². The van der Waals surface area contributed by atoms with Gasteiger partial charge in [0, 0.05) is 11.3 Å². The highest BCUT2D eigenvalue weighted by Gasteiger charge is 2.55. The lowest BCUT2D eigenvalue weighted by Crippen LogP contribution is -2.56. The maximum atomic E-state index is 8.96. The zero-order valence-corrected chi connectivity index (χ0v) is 8.33. The van der Waals surface area contributed by atoms with E-state index in [-0.39, 0.29) is 5.41 Å². The smallest absolute Gasteiger partial charge is 0.0672 e. The molecule has 1 fully saturated rings.